The number of hydrogen-bond acceptors (Lipinski definition) is 2. The van der Waals surface area contributed by atoms with Crippen LogP contribution < -0.4 is 4.90 Å². The van der Waals surface area contributed by atoms with Crippen LogP contribution in [-0.4, -0.2) is 18.7 Å². The summed E-state index contributed by atoms with van der Waals surface area (Å²) in [6, 6.07) is 3.15. The van der Waals surface area contributed by atoms with Gasteiger partial charge in [0.25, 0.3) is 0 Å². The highest BCUT2D eigenvalue weighted by atomic mass is 19.1. The van der Waals surface area contributed by atoms with Gasteiger partial charge in [-0.15, -0.1) is 6.58 Å². The van der Waals surface area contributed by atoms with Gasteiger partial charge in [0.1, 0.15) is 5.82 Å². The number of aliphatic hydroxyl groups is 1. The van der Waals surface area contributed by atoms with Gasteiger partial charge in [-0.05, 0) is 31.5 Å². The van der Waals surface area contributed by atoms with E-state index in [9.17, 15) is 9.50 Å². The average Bonchev–Trinajstić information content (AvgIpc) is 2.21. The SMILES string of the molecule is C=CCN(C)c1cc(C)c(F)cc1[C@@H](C)O. The molecule has 0 aromatic heterocycles. The van der Waals surface area contributed by atoms with Crippen LogP contribution in [0.1, 0.15) is 24.2 Å². The lowest BCUT2D eigenvalue weighted by molar-refractivity contribution is 0.199. The summed E-state index contributed by atoms with van der Waals surface area (Å²) in [4.78, 5) is 1.93. The Morgan fingerprint density at radius 2 is 2.19 bits per heavy atom. The lowest BCUT2D eigenvalue weighted by Crippen LogP contribution is -2.19. The highest BCUT2D eigenvalue weighted by Crippen LogP contribution is 2.28. The van der Waals surface area contributed by atoms with Gasteiger partial charge in [-0.25, -0.2) is 4.39 Å². The van der Waals surface area contributed by atoms with E-state index in [0.29, 0.717) is 17.7 Å². The summed E-state index contributed by atoms with van der Waals surface area (Å²) >= 11 is 0. The number of rotatable bonds is 4. The second-order valence-corrected chi connectivity index (χ2v) is 4.01. The summed E-state index contributed by atoms with van der Waals surface area (Å²) in [6.07, 6.45) is 1.09. The summed E-state index contributed by atoms with van der Waals surface area (Å²) in [6.45, 7) is 7.67. The molecule has 0 aliphatic rings. The van der Waals surface area contributed by atoms with Crippen molar-refractivity contribution in [3.63, 3.8) is 0 Å². The molecule has 0 aliphatic carbocycles. The van der Waals surface area contributed by atoms with E-state index in [1.54, 1.807) is 26.0 Å². The van der Waals surface area contributed by atoms with E-state index in [0.717, 1.165) is 5.69 Å². The summed E-state index contributed by atoms with van der Waals surface area (Å²) in [5, 5.41) is 9.62. The maximum absolute atomic E-state index is 13.4. The van der Waals surface area contributed by atoms with Gasteiger partial charge in [-0.3, -0.25) is 0 Å². The second kappa shape index (κ2) is 5.12. The van der Waals surface area contributed by atoms with Crippen LogP contribution in [0, 0.1) is 12.7 Å². The van der Waals surface area contributed by atoms with Crippen LogP contribution in [0.4, 0.5) is 10.1 Å². The molecule has 88 valence electrons. The number of aryl methyl sites for hydroxylation is 1. The van der Waals surface area contributed by atoms with Crippen molar-refractivity contribution < 1.29 is 9.50 Å². The molecule has 16 heavy (non-hydrogen) atoms. The molecule has 0 radical (unpaired) electrons. The maximum Gasteiger partial charge on any atom is 0.126 e. The molecule has 1 atom stereocenters. The number of hydrogen-bond donors (Lipinski definition) is 1. The Kier molecular flexibility index (Phi) is 4.07. The van der Waals surface area contributed by atoms with Crippen LogP contribution in [0.3, 0.4) is 0 Å². The van der Waals surface area contributed by atoms with Crippen molar-refractivity contribution in [3.8, 4) is 0 Å². The molecule has 1 aromatic rings. The van der Waals surface area contributed by atoms with Crippen LogP contribution in [0.2, 0.25) is 0 Å². The lowest BCUT2D eigenvalue weighted by atomic mass is 10.0. The zero-order chi connectivity index (χ0) is 12.3. The van der Waals surface area contributed by atoms with Gasteiger partial charge in [-0.1, -0.05) is 6.08 Å². The third kappa shape index (κ3) is 2.61. The van der Waals surface area contributed by atoms with Gasteiger partial charge in [0.05, 0.1) is 6.10 Å². The standard InChI is InChI=1S/C13H18FNO/c1-5-6-15(4)13-7-9(2)12(14)8-11(13)10(3)16/h5,7-8,10,16H,1,6H2,2-4H3/t10-/m1/s1. The van der Waals surface area contributed by atoms with Crippen LogP contribution in [-0.2, 0) is 0 Å². The van der Waals surface area contributed by atoms with E-state index in [1.807, 2.05) is 11.9 Å². The molecule has 0 unspecified atom stereocenters. The van der Waals surface area contributed by atoms with Gasteiger partial charge >= 0.3 is 0 Å². The molecular formula is C13H18FNO. The molecule has 3 heteroatoms. The predicted molar refractivity (Wildman–Crippen MR) is 65.2 cm³/mol. The normalized spacial score (nSPS) is 12.3. The summed E-state index contributed by atoms with van der Waals surface area (Å²) in [5.74, 6) is -0.286. The minimum atomic E-state index is -0.683. The third-order valence-electron chi connectivity index (χ3n) is 2.57. The molecule has 0 bridgehead atoms. The van der Waals surface area contributed by atoms with Crippen molar-refractivity contribution in [2.75, 3.05) is 18.5 Å². The molecule has 0 spiro atoms. The van der Waals surface area contributed by atoms with Crippen molar-refractivity contribution in [2.24, 2.45) is 0 Å². The molecule has 1 aromatic carbocycles. The molecule has 0 saturated carbocycles. The average molecular weight is 223 g/mol. The molecule has 0 saturated heterocycles. The zero-order valence-electron chi connectivity index (χ0n) is 10.00. The van der Waals surface area contributed by atoms with Gasteiger partial charge in [0, 0.05) is 24.8 Å². The Morgan fingerprint density at radius 1 is 1.56 bits per heavy atom. The van der Waals surface area contributed by atoms with E-state index in [4.69, 9.17) is 0 Å². The molecule has 0 aliphatic heterocycles. The quantitative estimate of drug-likeness (QED) is 0.793. The Labute approximate surface area is 96.0 Å². The lowest BCUT2D eigenvalue weighted by Gasteiger charge is -2.23. The second-order valence-electron chi connectivity index (χ2n) is 4.01. The minimum Gasteiger partial charge on any atom is -0.389 e. The molecule has 2 nitrogen and oxygen atoms in total. The molecule has 0 heterocycles. The molecule has 0 amide bonds. The molecule has 1 N–H and O–H groups in total. The highest BCUT2D eigenvalue weighted by molar-refractivity contribution is 5.56. The topological polar surface area (TPSA) is 23.5 Å². The van der Waals surface area contributed by atoms with Crippen molar-refractivity contribution in [1.82, 2.24) is 0 Å². The number of benzene rings is 1. The fraction of sp³-hybridized carbons (Fsp3) is 0.385. The molecule has 0 fully saturated rings. The van der Waals surface area contributed by atoms with E-state index >= 15 is 0 Å². The third-order valence-corrected chi connectivity index (χ3v) is 2.57. The highest BCUT2D eigenvalue weighted by Gasteiger charge is 2.14. The fourth-order valence-corrected chi connectivity index (χ4v) is 1.64. The maximum atomic E-state index is 13.4. The first-order valence-electron chi connectivity index (χ1n) is 5.27. The first-order chi connectivity index (χ1) is 7.47. The van der Waals surface area contributed by atoms with E-state index in [1.165, 1.54) is 6.07 Å². The van der Waals surface area contributed by atoms with Crippen molar-refractivity contribution in [2.45, 2.75) is 20.0 Å². The smallest absolute Gasteiger partial charge is 0.126 e. The Bertz CT molecular complexity index is 388. The minimum absolute atomic E-state index is 0.286. The first-order valence-corrected chi connectivity index (χ1v) is 5.27. The van der Waals surface area contributed by atoms with Crippen LogP contribution >= 0.6 is 0 Å². The number of nitrogens with zero attached hydrogens (tertiary/aromatic N) is 1. The van der Waals surface area contributed by atoms with E-state index < -0.39 is 6.10 Å². The van der Waals surface area contributed by atoms with Gasteiger partial charge < -0.3 is 10.0 Å². The van der Waals surface area contributed by atoms with Crippen molar-refractivity contribution in [1.29, 1.82) is 0 Å². The van der Waals surface area contributed by atoms with Gasteiger partial charge in [0.2, 0.25) is 0 Å². The number of anilines is 1. The van der Waals surface area contributed by atoms with E-state index in [2.05, 4.69) is 6.58 Å². The summed E-state index contributed by atoms with van der Waals surface area (Å²) in [5.41, 5.74) is 2.02. The summed E-state index contributed by atoms with van der Waals surface area (Å²) < 4.78 is 13.4. The number of aliphatic hydroxyl groups excluding tert-OH is 1. The van der Waals surface area contributed by atoms with Crippen LogP contribution in [0.25, 0.3) is 0 Å². The Hall–Kier alpha value is -1.35. The fourth-order valence-electron chi connectivity index (χ4n) is 1.64. The van der Waals surface area contributed by atoms with Crippen LogP contribution in [0.5, 0.6) is 0 Å². The van der Waals surface area contributed by atoms with Crippen molar-refractivity contribution in [3.05, 3.63) is 41.7 Å². The molecular weight excluding hydrogens is 205 g/mol. The number of halogens is 1. The molecule has 1 rings (SSSR count). The van der Waals surface area contributed by atoms with Crippen molar-refractivity contribution >= 4 is 5.69 Å². The predicted octanol–water partition coefficient (Wildman–Crippen LogP) is 2.81. The largest absolute Gasteiger partial charge is 0.389 e. The van der Waals surface area contributed by atoms with Gasteiger partial charge in [-0.2, -0.15) is 0 Å². The Morgan fingerprint density at radius 3 is 2.69 bits per heavy atom. The number of likely N-dealkylation sites (N-methyl/N-ethyl adjacent to an activating group) is 1. The summed E-state index contributed by atoms with van der Waals surface area (Å²) in [7, 11) is 1.89. The monoisotopic (exact) mass is 223 g/mol. The van der Waals surface area contributed by atoms with Gasteiger partial charge in [0.15, 0.2) is 0 Å². The Balaban J connectivity index is 3.24. The van der Waals surface area contributed by atoms with E-state index in [-0.39, 0.29) is 5.82 Å². The first kappa shape index (κ1) is 12.7. The van der Waals surface area contributed by atoms with Crippen LogP contribution in [0.15, 0.2) is 24.8 Å². The zero-order valence-corrected chi connectivity index (χ0v) is 10.00.